The van der Waals surface area contributed by atoms with E-state index >= 15 is 0 Å². The van der Waals surface area contributed by atoms with E-state index in [2.05, 4.69) is 15.5 Å². The van der Waals surface area contributed by atoms with E-state index in [9.17, 15) is 9.59 Å². The average Bonchev–Trinajstić information content (AvgIpc) is 2.70. The lowest BCUT2D eigenvalue weighted by molar-refractivity contribution is 0.100. The Hall–Kier alpha value is -2.63. The van der Waals surface area contributed by atoms with Gasteiger partial charge in [0.25, 0.3) is 5.91 Å². The number of aromatic nitrogens is 2. The maximum atomic E-state index is 12.0. The van der Waals surface area contributed by atoms with Crippen molar-refractivity contribution in [3.63, 3.8) is 0 Å². The van der Waals surface area contributed by atoms with Crippen molar-refractivity contribution in [1.82, 2.24) is 10.2 Å². The topological polar surface area (TPSA) is 101 Å². The highest BCUT2D eigenvalue weighted by molar-refractivity contribution is 6.07. The summed E-state index contributed by atoms with van der Waals surface area (Å²) in [4.78, 5) is 23.2. The summed E-state index contributed by atoms with van der Waals surface area (Å²) in [6.07, 6.45) is 0. The Morgan fingerprint density at radius 2 is 2.11 bits per heavy atom. The molecule has 0 unspecified atom stereocenters. The predicted octanol–water partition coefficient (Wildman–Crippen LogP) is 1.76. The van der Waals surface area contributed by atoms with E-state index < -0.39 is 5.91 Å². The summed E-state index contributed by atoms with van der Waals surface area (Å²) in [6, 6.07) is 6.69. The zero-order valence-electron chi connectivity index (χ0n) is 10.7. The van der Waals surface area contributed by atoms with Crippen LogP contribution in [0.3, 0.4) is 0 Å². The minimum absolute atomic E-state index is 0.0637. The number of benzene rings is 1. The van der Waals surface area contributed by atoms with Crippen molar-refractivity contribution in [3.8, 4) is 0 Å². The van der Waals surface area contributed by atoms with Crippen LogP contribution in [0.4, 0.5) is 11.4 Å². The van der Waals surface area contributed by atoms with E-state index in [0.717, 1.165) is 0 Å². The molecule has 1 heterocycles. The minimum Gasteiger partial charge on any atom is -0.395 e. The Morgan fingerprint density at radius 1 is 1.37 bits per heavy atom. The molecule has 0 saturated heterocycles. The first-order chi connectivity index (χ1) is 8.99. The Bertz CT molecular complexity index is 646. The molecule has 2 aromatic rings. The number of hydrogen-bond acceptors (Lipinski definition) is 4. The first-order valence-corrected chi connectivity index (χ1v) is 5.72. The summed E-state index contributed by atoms with van der Waals surface area (Å²) in [6.45, 7) is 3.20. The van der Waals surface area contributed by atoms with Gasteiger partial charge in [-0.15, -0.1) is 0 Å². The molecule has 0 radical (unpaired) electrons. The van der Waals surface area contributed by atoms with Gasteiger partial charge in [-0.05, 0) is 26.0 Å². The molecule has 4 N–H and O–H groups in total. The molecule has 0 fully saturated rings. The maximum absolute atomic E-state index is 12.0. The zero-order valence-corrected chi connectivity index (χ0v) is 10.7. The van der Waals surface area contributed by atoms with Crippen LogP contribution in [0, 0.1) is 6.92 Å². The number of anilines is 2. The van der Waals surface area contributed by atoms with Gasteiger partial charge in [0.1, 0.15) is 0 Å². The monoisotopic (exact) mass is 258 g/mol. The van der Waals surface area contributed by atoms with Gasteiger partial charge >= 0.3 is 0 Å². The highest BCUT2D eigenvalue weighted by Gasteiger charge is 2.15. The highest BCUT2D eigenvalue weighted by Crippen LogP contribution is 2.16. The number of aryl methyl sites for hydroxylation is 1. The van der Waals surface area contributed by atoms with Crippen LogP contribution in [0.2, 0.25) is 0 Å². The maximum Gasteiger partial charge on any atom is 0.278 e. The van der Waals surface area contributed by atoms with Gasteiger partial charge in [-0.1, -0.05) is 12.1 Å². The fourth-order valence-electron chi connectivity index (χ4n) is 1.62. The van der Waals surface area contributed by atoms with Crippen LogP contribution in [0.15, 0.2) is 24.3 Å². The number of carbonyl (C=O) groups excluding carboxylic acids is 2. The Morgan fingerprint density at radius 3 is 2.68 bits per heavy atom. The van der Waals surface area contributed by atoms with Gasteiger partial charge in [0, 0.05) is 11.3 Å². The van der Waals surface area contributed by atoms with Crippen molar-refractivity contribution in [1.29, 1.82) is 0 Å². The van der Waals surface area contributed by atoms with Gasteiger partial charge in [-0.3, -0.25) is 14.7 Å². The lowest BCUT2D eigenvalue weighted by atomic mass is 10.1. The van der Waals surface area contributed by atoms with Crippen molar-refractivity contribution >= 4 is 23.1 Å². The van der Waals surface area contributed by atoms with E-state index in [1.807, 2.05) is 0 Å². The van der Waals surface area contributed by atoms with Gasteiger partial charge in [0.2, 0.25) is 0 Å². The lowest BCUT2D eigenvalue weighted by Crippen LogP contribution is -2.14. The van der Waals surface area contributed by atoms with Crippen molar-refractivity contribution in [2.24, 2.45) is 0 Å². The molecule has 19 heavy (non-hydrogen) atoms. The smallest absolute Gasteiger partial charge is 0.278 e. The molecule has 0 aliphatic carbocycles. The third-order valence-electron chi connectivity index (χ3n) is 2.74. The number of nitrogens with two attached hydrogens (primary N) is 1. The molecule has 6 heteroatoms. The summed E-state index contributed by atoms with van der Waals surface area (Å²) < 4.78 is 0. The summed E-state index contributed by atoms with van der Waals surface area (Å²) in [7, 11) is 0. The third kappa shape index (κ3) is 2.62. The number of rotatable bonds is 3. The predicted molar refractivity (Wildman–Crippen MR) is 72.1 cm³/mol. The standard InChI is InChI=1S/C13H14N4O2/c1-7-11(14)12(17-16-7)13(19)15-10-5-3-4-9(6-10)8(2)18/h3-6H,14H2,1-2H3,(H,15,19)(H,16,17). The van der Waals surface area contributed by atoms with Gasteiger partial charge < -0.3 is 11.1 Å². The van der Waals surface area contributed by atoms with Crippen molar-refractivity contribution < 1.29 is 9.59 Å². The van der Waals surface area contributed by atoms with Gasteiger partial charge in [0.15, 0.2) is 11.5 Å². The Labute approximate surface area is 110 Å². The molecule has 0 aliphatic rings. The van der Waals surface area contributed by atoms with Crippen molar-refractivity contribution in [2.75, 3.05) is 11.1 Å². The molecule has 0 bridgehead atoms. The SMILES string of the molecule is CC(=O)c1cccc(NC(=O)c2n[nH]c(C)c2N)c1. The van der Waals surface area contributed by atoms with Crippen molar-refractivity contribution in [2.45, 2.75) is 13.8 Å². The van der Waals surface area contributed by atoms with E-state index in [-0.39, 0.29) is 11.5 Å². The summed E-state index contributed by atoms with van der Waals surface area (Å²) in [5, 5.41) is 9.14. The first kappa shape index (κ1) is 12.8. The Kier molecular flexibility index (Phi) is 3.33. The van der Waals surface area contributed by atoms with Crippen LogP contribution in [-0.4, -0.2) is 21.9 Å². The largest absolute Gasteiger partial charge is 0.395 e. The fourth-order valence-corrected chi connectivity index (χ4v) is 1.62. The molecule has 2 rings (SSSR count). The molecule has 98 valence electrons. The molecule has 1 aromatic carbocycles. The van der Waals surface area contributed by atoms with E-state index in [1.165, 1.54) is 6.92 Å². The van der Waals surface area contributed by atoms with Crippen LogP contribution >= 0.6 is 0 Å². The number of H-pyrrole nitrogens is 1. The molecule has 0 saturated carbocycles. The number of Topliss-reactive ketones (excluding diaryl/α,β-unsaturated/α-hetero) is 1. The minimum atomic E-state index is -0.414. The quantitative estimate of drug-likeness (QED) is 0.730. The van der Waals surface area contributed by atoms with Crippen molar-refractivity contribution in [3.05, 3.63) is 41.2 Å². The third-order valence-corrected chi connectivity index (χ3v) is 2.74. The molecule has 0 spiro atoms. The number of nitrogen functional groups attached to an aromatic ring is 1. The molecular formula is C13H14N4O2. The van der Waals surface area contributed by atoms with Crippen LogP contribution in [0.5, 0.6) is 0 Å². The molecular weight excluding hydrogens is 244 g/mol. The van der Waals surface area contributed by atoms with E-state index in [0.29, 0.717) is 22.6 Å². The average molecular weight is 258 g/mol. The molecule has 0 atom stereocenters. The number of carbonyl (C=O) groups is 2. The zero-order chi connectivity index (χ0) is 14.0. The second-order valence-corrected chi connectivity index (χ2v) is 4.20. The second kappa shape index (κ2) is 4.93. The van der Waals surface area contributed by atoms with E-state index in [4.69, 9.17) is 5.73 Å². The van der Waals surface area contributed by atoms with Gasteiger partial charge in [-0.2, -0.15) is 5.10 Å². The van der Waals surface area contributed by atoms with Gasteiger partial charge in [0.05, 0.1) is 11.4 Å². The number of amides is 1. The lowest BCUT2D eigenvalue weighted by Gasteiger charge is -2.05. The first-order valence-electron chi connectivity index (χ1n) is 5.72. The van der Waals surface area contributed by atoms with Crippen LogP contribution in [0.1, 0.15) is 33.5 Å². The van der Waals surface area contributed by atoms with Crippen LogP contribution in [0.25, 0.3) is 0 Å². The number of nitrogens with one attached hydrogen (secondary N) is 2. The fraction of sp³-hybridized carbons (Fsp3) is 0.154. The molecule has 1 aromatic heterocycles. The van der Waals surface area contributed by atoms with Gasteiger partial charge in [-0.25, -0.2) is 0 Å². The second-order valence-electron chi connectivity index (χ2n) is 4.20. The molecule has 0 aliphatic heterocycles. The normalized spacial score (nSPS) is 10.2. The number of ketones is 1. The molecule has 1 amide bonds. The molecule has 6 nitrogen and oxygen atoms in total. The Balaban J connectivity index is 2.22. The highest BCUT2D eigenvalue weighted by atomic mass is 16.2. The summed E-state index contributed by atoms with van der Waals surface area (Å²) in [5.41, 5.74) is 7.89. The number of hydrogen-bond donors (Lipinski definition) is 3. The number of nitrogens with zero attached hydrogens (tertiary/aromatic N) is 1. The summed E-state index contributed by atoms with van der Waals surface area (Å²) >= 11 is 0. The summed E-state index contributed by atoms with van der Waals surface area (Å²) in [5.74, 6) is -0.478. The number of aromatic amines is 1. The van der Waals surface area contributed by atoms with Crippen LogP contribution < -0.4 is 11.1 Å². The van der Waals surface area contributed by atoms with Crippen LogP contribution in [-0.2, 0) is 0 Å². The van der Waals surface area contributed by atoms with E-state index in [1.54, 1.807) is 31.2 Å².